The SMILES string of the molecule is CCCN1C(=S)SC(C)(C)C1[N+]([O-])=Cc1ccc(C)cc1. The van der Waals surface area contributed by atoms with Crippen molar-refractivity contribution >= 4 is 34.5 Å². The third-order valence-electron chi connectivity index (χ3n) is 3.56. The van der Waals surface area contributed by atoms with Gasteiger partial charge in [-0.15, -0.1) is 0 Å². The Hall–Kier alpha value is -1.07. The molecule has 0 N–H and O–H groups in total. The van der Waals surface area contributed by atoms with Gasteiger partial charge in [0.2, 0.25) is 0 Å². The van der Waals surface area contributed by atoms with Crippen molar-refractivity contribution in [2.24, 2.45) is 0 Å². The minimum Gasteiger partial charge on any atom is -0.622 e. The molecule has 1 saturated heterocycles. The smallest absolute Gasteiger partial charge is 0.254 e. The molecule has 0 saturated carbocycles. The molecule has 5 heteroatoms. The molecule has 114 valence electrons. The fraction of sp³-hybridized carbons (Fsp3) is 0.500. The quantitative estimate of drug-likeness (QED) is 0.277. The summed E-state index contributed by atoms with van der Waals surface area (Å²) in [5, 5.41) is 12.7. The van der Waals surface area contributed by atoms with Gasteiger partial charge in [-0.1, -0.05) is 48.6 Å². The Morgan fingerprint density at radius 2 is 2.00 bits per heavy atom. The minimum absolute atomic E-state index is 0.213. The lowest BCUT2D eigenvalue weighted by molar-refractivity contribution is -0.523. The second-order valence-corrected chi connectivity index (χ2v) is 8.23. The van der Waals surface area contributed by atoms with Gasteiger partial charge >= 0.3 is 0 Å². The van der Waals surface area contributed by atoms with E-state index in [2.05, 4.69) is 25.7 Å². The maximum atomic E-state index is 12.7. The molecular formula is C16H22N2OS2. The molecule has 0 spiro atoms. The topological polar surface area (TPSA) is 29.3 Å². The molecule has 1 aromatic rings. The highest BCUT2D eigenvalue weighted by Crippen LogP contribution is 2.41. The van der Waals surface area contributed by atoms with Crippen LogP contribution < -0.4 is 0 Å². The van der Waals surface area contributed by atoms with E-state index in [0.29, 0.717) is 0 Å². The second kappa shape index (κ2) is 6.36. The average Bonchev–Trinajstić information content (AvgIpc) is 2.62. The van der Waals surface area contributed by atoms with Gasteiger partial charge in [0.1, 0.15) is 9.07 Å². The summed E-state index contributed by atoms with van der Waals surface area (Å²) in [6.07, 6.45) is 2.39. The predicted octanol–water partition coefficient (Wildman–Crippen LogP) is 3.77. The second-order valence-electron chi connectivity index (χ2n) is 5.94. The van der Waals surface area contributed by atoms with Crippen LogP contribution in [0.15, 0.2) is 24.3 Å². The van der Waals surface area contributed by atoms with Crippen molar-refractivity contribution in [3.63, 3.8) is 0 Å². The highest BCUT2D eigenvalue weighted by atomic mass is 32.2. The first-order chi connectivity index (χ1) is 9.85. The predicted molar refractivity (Wildman–Crippen MR) is 95.0 cm³/mol. The average molecular weight is 322 g/mol. The number of rotatable bonds is 4. The standard InChI is InChI=1S/C16H22N2OS2/c1-5-10-17-14(16(3,4)21-15(17)20)18(19)11-13-8-6-12(2)7-9-13/h6-9,11,14H,5,10H2,1-4H3. The summed E-state index contributed by atoms with van der Waals surface area (Å²) >= 11 is 7.06. The zero-order valence-electron chi connectivity index (χ0n) is 13.0. The molecule has 1 atom stereocenters. The third-order valence-corrected chi connectivity index (χ3v) is 5.19. The third kappa shape index (κ3) is 3.58. The van der Waals surface area contributed by atoms with Crippen LogP contribution in [0.2, 0.25) is 0 Å². The molecule has 1 fully saturated rings. The summed E-state index contributed by atoms with van der Waals surface area (Å²) in [6, 6.07) is 7.97. The first-order valence-corrected chi connectivity index (χ1v) is 8.44. The lowest BCUT2D eigenvalue weighted by Crippen LogP contribution is -2.48. The summed E-state index contributed by atoms with van der Waals surface area (Å²) < 4.78 is 1.67. The molecule has 3 nitrogen and oxygen atoms in total. The van der Waals surface area contributed by atoms with Crippen LogP contribution >= 0.6 is 24.0 Å². The van der Waals surface area contributed by atoms with E-state index in [1.165, 1.54) is 5.56 Å². The summed E-state index contributed by atoms with van der Waals surface area (Å²) in [4.78, 5) is 2.05. The Morgan fingerprint density at radius 3 is 2.57 bits per heavy atom. The molecule has 1 unspecified atom stereocenters. The van der Waals surface area contributed by atoms with Gasteiger partial charge in [-0.2, -0.15) is 4.74 Å². The van der Waals surface area contributed by atoms with Gasteiger partial charge in [0.05, 0.1) is 0 Å². The van der Waals surface area contributed by atoms with Gasteiger partial charge in [-0.05, 0) is 39.3 Å². The lowest BCUT2D eigenvalue weighted by Gasteiger charge is -2.29. The minimum atomic E-state index is -0.253. The van der Waals surface area contributed by atoms with E-state index >= 15 is 0 Å². The molecule has 1 aliphatic heterocycles. The summed E-state index contributed by atoms with van der Waals surface area (Å²) in [6.45, 7) is 9.13. The number of thioether (sulfide) groups is 1. The van der Waals surface area contributed by atoms with Gasteiger partial charge in [0.15, 0.2) is 6.21 Å². The van der Waals surface area contributed by atoms with Crippen molar-refractivity contribution in [2.45, 2.75) is 45.0 Å². The monoisotopic (exact) mass is 322 g/mol. The zero-order chi connectivity index (χ0) is 15.6. The van der Waals surface area contributed by atoms with E-state index < -0.39 is 0 Å². The highest BCUT2D eigenvalue weighted by Gasteiger charge is 2.49. The van der Waals surface area contributed by atoms with Crippen molar-refractivity contribution in [1.29, 1.82) is 0 Å². The molecular weight excluding hydrogens is 300 g/mol. The van der Waals surface area contributed by atoms with Crippen LogP contribution in [0, 0.1) is 12.1 Å². The van der Waals surface area contributed by atoms with Crippen LogP contribution in [0.4, 0.5) is 0 Å². The number of aryl methyl sites for hydroxylation is 1. The highest BCUT2D eigenvalue weighted by molar-refractivity contribution is 8.24. The van der Waals surface area contributed by atoms with Gasteiger partial charge in [-0.25, -0.2) is 0 Å². The Labute approximate surface area is 136 Å². The maximum absolute atomic E-state index is 12.7. The van der Waals surface area contributed by atoms with Crippen molar-refractivity contribution < 1.29 is 4.74 Å². The van der Waals surface area contributed by atoms with Gasteiger partial charge < -0.3 is 5.21 Å². The van der Waals surface area contributed by atoms with Crippen molar-refractivity contribution in [3.05, 3.63) is 40.6 Å². The molecule has 0 aromatic heterocycles. The van der Waals surface area contributed by atoms with Crippen molar-refractivity contribution in [3.8, 4) is 0 Å². The largest absolute Gasteiger partial charge is 0.622 e. The van der Waals surface area contributed by atoms with Crippen molar-refractivity contribution in [2.75, 3.05) is 6.54 Å². The molecule has 0 amide bonds. The molecule has 0 bridgehead atoms. The number of nitrogens with zero attached hydrogens (tertiary/aromatic N) is 2. The molecule has 1 aliphatic rings. The summed E-state index contributed by atoms with van der Waals surface area (Å²) in [5.41, 5.74) is 2.11. The van der Waals surface area contributed by atoms with E-state index in [0.717, 1.165) is 27.6 Å². The molecule has 2 rings (SSSR count). The molecule has 1 aromatic carbocycles. The Balaban J connectivity index is 2.31. The fourth-order valence-corrected chi connectivity index (χ4v) is 4.51. The zero-order valence-corrected chi connectivity index (χ0v) is 14.6. The van der Waals surface area contributed by atoms with Crippen LogP contribution in [0.5, 0.6) is 0 Å². The maximum Gasteiger partial charge on any atom is 0.254 e. The summed E-state index contributed by atoms with van der Waals surface area (Å²) in [5.74, 6) is 0. The first kappa shape index (κ1) is 16.3. The normalized spacial score (nSPS) is 21.9. The van der Waals surface area contributed by atoms with Gasteiger partial charge in [0.25, 0.3) is 6.17 Å². The molecule has 21 heavy (non-hydrogen) atoms. The van der Waals surface area contributed by atoms with Crippen molar-refractivity contribution in [1.82, 2.24) is 4.90 Å². The van der Waals surface area contributed by atoms with Crippen LogP contribution in [0.3, 0.4) is 0 Å². The number of benzene rings is 1. The summed E-state index contributed by atoms with van der Waals surface area (Å²) in [7, 11) is 0. The molecule has 0 aliphatic carbocycles. The number of hydrogen-bond acceptors (Lipinski definition) is 3. The van der Waals surface area contributed by atoms with Crippen LogP contribution in [-0.2, 0) is 0 Å². The van der Waals surface area contributed by atoms with E-state index in [9.17, 15) is 5.21 Å². The molecule has 1 heterocycles. The van der Waals surface area contributed by atoms with E-state index in [4.69, 9.17) is 12.2 Å². The van der Waals surface area contributed by atoms with Gasteiger partial charge in [-0.3, -0.25) is 4.90 Å². The lowest BCUT2D eigenvalue weighted by atomic mass is 10.1. The van der Waals surface area contributed by atoms with E-state index in [-0.39, 0.29) is 10.9 Å². The van der Waals surface area contributed by atoms with E-state index in [1.807, 2.05) is 31.2 Å². The number of hydroxylamine groups is 1. The fourth-order valence-electron chi connectivity index (χ4n) is 2.58. The number of hydrogen-bond donors (Lipinski definition) is 0. The first-order valence-electron chi connectivity index (χ1n) is 7.22. The Kier molecular flexibility index (Phi) is 4.94. The Morgan fingerprint density at radius 1 is 1.38 bits per heavy atom. The Bertz CT molecular complexity index is 552. The van der Waals surface area contributed by atoms with Crippen LogP contribution in [-0.4, -0.2) is 37.6 Å². The number of thiocarbonyl (C=S) groups is 1. The molecule has 0 radical (unpaired) electrons. The van der Waals surface area contributed by atoms with Gasteiger partial charge in [0, 0.05) is 12.1 Å². The van der Waals surface area contributed by atoms with E-state index in [1.54, 1.807) is 18.0 Å². The van der Waals surface area contributed by atoms with Crippen LogP contribution in [0.25, 0.3) is 0 Å². The van der Waals surface area contributed by atoms with Crippen LogP contribution in [0.1, 0.15) is 38.3 Å².